The fourth-order valence-corrected chi connectivity index (χ4v) is 1.36. The summed E-state index contributed by atoms with van der Waals surface area (Å²) >= 11 is 0. The number of anilines is 1. The Morgan fingerprint density at radius 3 is 2.59 bits per heavy atom. The van der Waals surface area contributed by atoms with Gasteiger partial charge in [0.1, 0.15) is 6.61 Å². The molecule has 4 nitrogen and oxygen atoms in total. The third-order valence-electron chi connectivity index (χ3n) is 2.14. The highest BCUT2D eigenvalue weighted by atomic mass is 19.1. The maximum atomic E-state index is 13.2. The Balaban J connectivity index is 1.94. The Hall–Kier alpha value is -2.11. The third kappa shape index (κ3) is 2.72. The first-order chi connectivity index (χ1) is 8.16. The van der Waals surface area contributed by atoms with Gasteiger partial charge in [0.2, 0.25) is 0 Å². The number of halogens is 2. The molecule has 2 aromatic rings. The minimum Gasteiger partial charge on any atom is -0.486 e. The monoisotopic (exact) mass is 239 g/mol. The minimum atomic E-state index is -0.718. The molecule has 0 fully saturated rings. The summed E-state index contributed by atoms with van der Waals surface area (Å²) in [5, 5.41) is 3.92. The van der Waals surface area contributed by atoms with Crippen molar-refractivity contribution in [2.75, 3.05) is 12.3 Å². The average molecular weight is 239 g/mol. The summed E-state index contributed by atoms with van der Waals surface area (Å²) in [4.78, 5) is 0. The van der Waals surface area contributed by atoms with Crippen LogP contribution in [-0.4, -0.2) is 16.4 Å². The molecule has 0 aliphatic heterocycles. The second-order valence-corrected chi connectivity index (χ2v) is 3.44. The van der Waals surface area contributed by atoms with Crippen LogP contribution >= 0.6 is 0 Å². The quantitative estimate of drug-likeness (QED) is 0.885. The molecule has 2 N–H and O–H groups in total. The molecule has 2 rings (SSSR count). The van der Waals surface area contributed by atoms with E-state index in [2.05, 4.69) is 5.10 Å². The molecule has 0 aliphatic carbocycles. The van der Waals surface area contributed by atoms with Crippen molar-refractivity contribution in [3.8, 4) is 5.75 Å². The lowest BCUT2D eigenvalue weighted by molar-refractivity contribution is 0.264. The van der Waals surface area contributed by atoms with Crippen molar-refractivity contribution in [3.63, 3.8) is 0 Å². The Kier molecular flexibility index (Phi) is 3.22. The molecule has 0 saturated carbocycles. The van der Waals surface area contributed by atoms with Gasteiger partial charge in [-0.3, -0.25) is 4.68 Å². The summed E-state index contributed by atoms with van der Waals surface area (Å²) in [5.74, 6) is -1.80. The molecule has 0 aliphatic rings. The highest BCUT2D eigenvalue weighted by Gasteiger charge is 2.09. The lowest BCUT2D eigenvalue weighted by Crippen LogP contribution is -2.10. The first-order valence-corrected chi connectivity index (χ1v) is 5.01. The van der Waals surface area contributed by atoms with Crippen LogP contribution in [0.3, 0.4) is 0 Å². The zero-order chi connectivity index (χ0) is 12.3. The van der Waals surface area contributed by atoms with E-state index < -0.39 is 11.6 Å². The number of para-hydroxylation sites is 1. The summed E-state index contributed by atoms with van der Waals surface area (Å²) in [6, 6.07) is 3.57. The number of ether oxygens (including phenoxy) is 1. The van der Waals surface area contributed by atoms with Crippen molar-refractivity contribution in [3.05, 3.63) is 42.2 Å². The molecule has 6 heteroatoms. The first-order valence-electron chi connectivity index (χ1n) is 5.01. The largest absolute Gasteiger partial charge is 0.486 e. The summed E-state index contributed by atoms with van der Waals surface area (Å²) in [6.07, 6.45) is 3.10. The molecule has 1 heterocycles. The zero-order valence-corrected chi connectivity index (χ0v) is 8.94. The molecular weight excluding hydrogens is 228 g/mol. The van der Waals surface area contributed by atoms with Crippen LogP contribution in [0.4, 0.5) is 14.5 Å². The van der Waals surface area contributed by atoms with Gasteiger partial charge < -0.3 is 10.5 Å². The Bertz CT molecular complexity index is 493. The van der Waals surface area contributed by atoms with Gasteiger partial charge in [0.15, 0.2) is 17.4 Å². The molecule has 1 aromatic carbocycles. The predicted molar refractivity (Wildman–Crippen MR) is 58.5 cm³/mol. The van der Waals surface area contributed by atoms with Gasteiger partial charge in [-0.1, -0.05) is 6.07 Å². The van der Waals surface area contributed by atoms with Crippen LogP contribution in [0.5, 0.6) is 5.75 Å². The number of nitrogen functional groups attached to an aromatic ring is 1. The molecule has 17 heavy (non-hydrogen) atoms. The Labute approximate surface area is 96.6 Å². The first kappa shape index (κ1) is 11.4. The van der Waals surface area contributed by atoms with Gasteiger partial charge in [-0.25, -0.2) is 8.78 Å². The van der Waals surface area contributed by atoms with Crippen molar-refractivity contribution in [2.24, 2.45) is 0 Å². The normalized spacial score (nSPS) is 10.5. The number of aromatic nitrogens is 2. The number of nitrogens with zero attached hydrogens (tertiary/aromatic N) is 2. The molecule has 0 radical (unpaired) electrons. The van der Waals surface area contributed by atoms with E-state index in [0.717, 1.165) is 12.1 Å². The molecule has 0 amide bonds. The van der Waals surface area contributed by atoms with E-state index in [-0.39, 0.29) is 12.4 Å². The summed E-state index contributed by atoms with van der Waals surface area (Å²) in [7, 11) is 0. The number of hydrogen-bond donors (Lipinski definition) is 1. The summed E-state index contributed by atoms with van der Waals surface area (Å²) in [5.41, 5.74) is 6.00. The molecule has 0 unspecified atom stereocenters. The standard InChI is InChI=1S/C11H11F2N3O/c12-9-2-1-3-10(13)11(9)17-5-4-16-7-8(14)6-15-16/h1-3,6-7H,4-5,14H2. The van der Waals surface area contributed by atoms with Crippen molar-refractivity contribution in [1.29, 1.82) is 0 Å². The van der Waals surface area contributed by atoms with Crippen molar-refractivity contribution < 1.29 is 13.5 Å². The Morgan fingerprint density at radius 1 is 1.29 bits per heavy atom. The smallest absolute Gasteiger partial charge is 0.190 e. The second-order valence-electron chi connectivity index (χ2n) is 3.44. The fraction of sp³-hybridized carbons (Fsp3) is 0.182. The van der Waals surface area contributed by atoms with E-state index in [0.29, 0.717) is 12.2 Å². The van der Waals surface area contributed by atoms with Gasteiger partial charge >= 0.3 is 0 Å². The van der Waals surface area contributed by atoms with E-state index in [1.54, 1.807) is 6.20 Å². The maximum absolute atomic E-state index is 13.2. The Morgan fingerprint density at radius 2 is 2.00 bits per heavy atom. The lowest BCUT2D eigenvalue weighted by atomic mass is 10.3. The number of rotatable bonds is 4. The minimum absolute atomic E-state index is 0.110. The van der Waals surface area contributed by atoms with E-state index in [9.17, 15) is 8.78 Å². The zero-order valence-electron chi connectivity index (χ0n) is 8.94. The van der Waals surface area contributed by atoms with E-state index in [1.807, 2.05) is 0 Å². The number of nitrogens with two attached hydrogens (primary N) is 1. The highest BCUT2D eigenvalue weighted by molar-refractivity contribution is 5.30. The fourth-order valence-electron chi connectivity index (χ4n) is 1.36. The molecule has 0 spiro atoms. The molecule has 0 atom stereocenters. The number of hydrogen-bond acceptors (Lipinski definition) is 3. The molecule has 1 aromatic heterocycles. The molecular formula is C11H11F2N3O. The summed E-state index contributed by atoms with van der Waals surface area (Å²) in [6.45, 7) is 0.476. The highest BCUT2D eigenvalue weighted by Crippen LogP contribution is 2.20. The predicted octanol–water partition coefficient (Wildman–Crippen LogP) is 1.82. The van der Waals surface area contributed by atoms with Crippen LogP contribution in [0.1, 0.15) is 0 Å². The van der Waals surface area contributed by atoms with Crippen LogP contribution < -0.4 is 10.5 Å². The van der Waals surface area contributed by atoms with Gasteiger partial charge in [-0.2, -0.15) is 5.10 Å². The van der Waals surface area contributed by atoms with Crippen molar-refractivity contribution >= 4 is 5.69 Å². The lowest BCUT2D eigenvalue weighted by Gasteiger charge is -2.07. The SMILES string of the molecule is Nc1cnn(CCOc2c(F)cccc2F)c1. The van der Waals surface area contributed by atoms with Crippen LogP contribution in [-0.2, 0) is 6.54 Å². The third-order valence-corrected chi connectivity index (χ3v) is 2.14. The van der Waals surface area contributed by atoms with Gasteiger partial charge in [0.25, 0.3) is 0 Å². The van der Waals surface area contributed by atoms with Crippen LogP contribution in [0.2, 0.25) is 0 Å². The molecule has 90 valence electrons. The van der Waals surface area contributed by atoms with E-state index in [4.69, 9.17) is 10.5 Å². The van der Waals surface area contributed by atoms with Crippen LogP contribution in [0.25, 0.3) is 0 Å². The van der Waals surface area contributed by atoms with Gasteiger partial charge in [0.05, 0.1) is 18.4 Å². The topological polar surface area (TPSA) is 53.1 Å². The average Bonchev–Trinajstić information content (AvgIpc) is 2.69. The second kappa shape index (κ2) is 4.82. The molecule has 0 bridgehead atoms. The number of benzene rings is 1. The van der Waals surface area contributed by atoms with Gasteiger partial charge in [-0.15, -0.1) is 0 Å². The molecule has 0 saturated heterocycles. The van der Waals surface area contributed by atoms with E-state index in [1.165, 1.54) is 16.9 Å². The van der Waals surface area contributed by atoms with Crippen LogP contribution in [0, 0.1) is 11.6 Å². The summed E-state index contributed by atoms with van der Waals surface area (Å²) < 4.78 is 32.9. The van der Waals surface area contributed by atoms with Crippen LogP contribution in [0.15, 0.2) is 30.6 Å². The van der Waals surface area contributed by atoms with Crippen molar-refractivity contribution in [1.82, 2.24) is 9.78 Å². The van der Waals surface area contributed by atoms with Gasteiger partial charge in [0, 0.05) is 6.20 Å². The van der Waals surface area contributed by atoms with Gasteiger partial charge in [-0.05, 0) is 12.1 Å². The maximum Gasteiger partial charge on any atom is 0.190 e. The van der Waals surface area contributed by atoms with E-state index >= 15 is 0 Å². The van der Waals surface area contributed by atoms with Crippen molar-refractivity contribution in [2.45, 2.75) is 6.54 Å².